The number of anilines is 2. The van der Waals surface area contributed by atoms with Crippen LogP contribution in [0.25, 0.3) is 0 Å². The maximum absolute atomic E-state index is 13.2. The lowest BCUT2D eigenvalue weighted by atomic mass is 9.87. The van der Waals surface area contributed by atoms with Crippen molar-refractivity contribution in [2.24, 2.45) is 5.73 Å². The molecule has 8 heteroatoms. The van der Waals surface area contributed by atoms with Gasteiger partial charge >= 0.3 is 0 Å². The third-order valence-corrected chi connectivity index (χ3v) is 6.69. The fraction of sp³-hybridized carbons (Fsp3) is 0.385. The Morgan fingerprint density at radius 2 is 1.91 bits per heavy atom. The summed E-state index contributed by atoms with van der Waals surface area (Å²) in [5.74, 6) is -0.489. The molecule has 0 atom stereocenters. The van der Waals surface area contributed by atoms with Gasteiger partial charge in [0, 0.05) is 37.2 Å². The third-order valence-electron chi connectivity index (χ3n) is 6.69. The van der Waals surface area contributed by atoms with Gasteiger partial charge in [-0.15, -0.1) is 0 Å². The molecule has 0 unspecified atom stereocenters. The number of carbonyl (C=O) groups is 1. The van der Waals surface area contributed by atoms with E-state index in [1.54, 1.807) is 6.20 Å². The van der Waals surface area contributed by atoms with E-state index >= 15 is 0 Å². The zero-order valence-corrected chi connectivity index (χ0v) is 19.5. The molecule has 1 saturated heterocycles. The Bertz CT molecular complexity index is 1060. The first-order valence-corrected chi connectivity index (χ1v) is 11.8. The number of likely N-dealkylation sites (N-methyl/N-ethyl adjacent to an activating group) is 1. The summed E-state index contributed by atoms with van der Waals surface area (Å²) in [5.41, 5.74) is 8.56. The Morgan fingerprint density at radius 1 is 1.21 bits per heavy atom. The molecule has 2 fully saturated rings. The first kappa shape index (κ1) is 23.8. The second-order valence-corrected chi connectivity index (χ2v) is 9.24. The van der Waals surface area contributed by atoms with E-state index < -0.39 is 5.91 Å². The standard InChI is InChI=1S/C26H33FN6O/c1-30-17-26(11-13-33(14-12-26)22-4-2-3-19(15-22)18-5-6-18)31-16-23(25(29)34)24(28)32-21-9-7-20(27)8-10-21/h2-4,7-10,15-16,18,30-31H,5-6,11-14,17H2,1H3,(H2,28,32)(H2,29,34)/b23-16+. The Kier molecular flexibility index (Phi) is 7.17. The number of hydrogen-bond acceptors (Lipinski definition) is 5. The number of nitrogens with zero attached hydrogens (tertiary/aromatic N) is 1. The lowest BCUT2D eigenvalue weighted by Gasteiger charge is -2.43. The van der Waals surface area contributed by atoms with Gasteiger partial charge < -0.3 is 26.6 Å². The first-order valence-electron chi connectivity index (χ1n) is 11.8. The molecule has 180 valence electrons. The van der Waals surface area contributed by atoms with Gasteiger partial charge in [-0.25, -0.2) is 4.39 Å². The number of benzene rings is 2. The molecule has 1 aliphatic carbocycles. The lowest BCUT2D eigenvalue weighted by Crippen LogP contribution is -2.57. The number of hydrogen-bond donors (Lipinski definition) is 5. The van der Waals surface area contributed by atoms with Gasteiger partial charge in [0.05, 0.1) is 11.1 Å². The van der Waals surface area contributed by atoms with Gasteiger partial charge in [0.15, 0.2) is 0 Å². The van der Waals surface area contributed by atoms with Crippen LogP contribution in [0.5, 0.6) is 0 Å². The summed E-state index contributed by atoms with van der Waals surface area (Å²) >= 11 is 0. The van der Waals surface area contributed by atoms with Crippen LogP contribution in [0.1, 0.15) is 37.2 Å². The van der Waals surface area contributed by atoms with Gasteiger partial charge in [-0.1, -0.05) is 12.1 Å². The maximum atomic E-state index is 13.2. The van der Waals surface area contributed by atoms with E-state index in [-0.39, 0.29) is 22.8 Å². The molecular formula is C26H33FN6O. The number of piperidine rings is 1. The molecule has 6 N–H and O–H groups in total. The number of amides is 1. The molecule has 1 amide bonds. The highest BCUT2D eigenvalue weighted by molar-refractivity contribution is 6.23. The van der Waals surface area contributed by atoms with Crippen LogP contribution in [0.3, 0.4) is 0 Å². The average molecular weight is 465 g/mol. The molecule has 0 bridgehead atoms. The number of carbonyl (C=O) groups excluding carboxylic acids is 1. The summed E-state index contributed by atoms with van der Waals surface area (Å²) in [5, 5.41) is 17.8. The van der Waals surface area contributed by atoms with E-state index in [0.717, 1.165) is 31.8 Å². The van der Waals surface area contributed by atoms with Crippen LogP contribution in [0, 0.1) is 11.2 Å². The van der Waals surface area contributed by atoms with Gasteiger partial charge in [0.1, 0.15) is 11.7 Å². The molecule has 0 radical (unpaired) electrons. The molecule has 0 aromatic heterocycles. The molecule has 2 aromatic carbocycles. The zero-order valence-electron chi connectivity index (χ0n) is 19.5. The summed E-state index contributed by atoms with van der Waals surface area (Å²) in [6, 6.07) is 14.5. The SMILES string of the molecule is CNCC1(N/C=C(\C(=N)Nc2ccc(F)cc2)C(N)=O)CCN(c2cccc(C3CC3)c2)CC1. The molecule has 2 aromatic rings. The predicted molar refractivity (Wildman–Crippen MR) is 135 cm³/mol. The molecule has 2 aliphatic rings. The largest absolute Gasteiger partial charge is 0.383 e. The second-order valence-electron chi connectivity index (χ2n) is 9.24. The Labute approximate surface area is 200 Å². The summed E-state index contributed by atoms with van der Waals surface area (Å²) in [6.07, 6.45) is 5.85. The van der Waals surface area contributed by atoms with Gasteiger partial charge in [-0.3, -0.25) is 10.2 Å². The topological polar surface area (TPSA) is 106 Å². The summed E-state index contributed by atoms with van der Waals surface area (Å²) in [4.78, 5) is 14.5. The van der Waals surface area contributed by atoms with E-state index in [9.17, 15) is 9.18 Å². The smallest absolute Gasteiger partial charge is 0.253 e. The number of nitrogens with two attached hydrogens (primary N) is 1. The van der Waals surface area contributed by atoms with Crippen molar-refractivity contribution >= 4 is 23.1 Å². The average Bonchev–Trinajstić information content (AvgIpc) is 3.67. The number of rotatable bonds is 9. The van der Waals surface area contributed by atoms with Crippen molar-refractivity contribution in [1.29, 1.82) is 5.41 Å². The highest BCUT2D eigenvalue weighted by Crippen LogP contribution is 2.41. The molecule has 7 nitrogen and oxygen atoms in total. The van der Waals surface area contributed by atoms with Gasteiger partial charge in [-0.05, 0) is 80.6 Å². The minimum atomic E-state index is -0.707. The number of primary amides is 1. The van der Waals surface area contributed by atoms with Crippen LogP contribution < -0.4 is 26.6 Å². The minimum Gasteiger partial charge on any atom is -0.383 e. The van der Waals surface area contributed by atoms with E-state index in [0.29, 0.717) is 12.2 Å². The summed E-state index contributed by atoms with van der Waals surface area (Å²) in [6.45, 7) is 2.48. The maximum Gasteiger partial charge on any atom is 0.253 e. The summed E-state index contributed by atoms with van der Waals surface area (Å²) < 4.78 is 13.2. The molecule has 1 aliphatic heterocycles. The fourth-order valence-corrected chi connectivity index (χ4v) is 4.53. The van der Waals surface area contributed by atoms with Crippen molar-refractivity contribution < 1.29 is 9.18 Å². The van der Waals surface area contributed by atoms with E-state index in [1.807, 2.05) is 7.05 Å². The normalized spacial score (nSPS) is 17.8. The molecule has 1 saturated carbocycles. The highest BCUT2D eigenvalue weighted by atomic mass is 19.1. The zero-order chi connectivity index (χ0) is 24.1. The van der Waals surface area contributed by atoms with Crippen LogP contribution in [-0.4, -0.2) is 44.0 Å². The molecule has 34 heavy (non-hydrogen) atoms. The van der Waals surface area contributed by atoms with Crippen molar-refractivity contribution in [3.05, 3.63) is 71.7 Å². The number of amidine groups is 1. The van der Waals surface area contributed by atoms with E-state index in [1.165, 1.54) is 48.4 Å². The van der Waals surface area contributed by atoms with Crippen LogP contribution in [0.15, 0.2) is 60.3 Å². The minimum absolute atomic E-state index is 0.0411. The van der Waals surface area contributed by atoms with Gasteiger partial charge in [0.2, 0.25) is 0 Å². The van der Waals surface area contributed by atoms with E-state index in [4.69, 9.17) is 11.1 Å². The third kappa shape index (κ3) is 5.75. The molecule has 0 spiro atoms. The fourth-order valence-electron chi connectivity index (χ4n) is 4.53. The lowest BCUT2D eigenvalue weighted by molar-refractivity contribution is -0.114. The quantitative estimate of drug-likeness (QED) is 0.222. The first-order chi connectivity index (χ1) is 16.4. The van der Waals surface area contributed by atoms with Crippen molar-refractivity contribution in [2.45, 2.75) is 37.1 Å². The highest BCUT2D eigenvalue weighted by Gasteiger charge is 2.34. The van der Waals surface area contributed by atoms with Crippen molar-refractivity contribution in [3.63, 3.8) is 0 Å². The van der Waals surface area contributed by atoms with Crippen LogP contribution in [-0.2, 0) is 4.79 Å². The number of halogens is 1. The van der Waals surface area contributed by atoms with Gasteiger partial charge in [0.25, 0.3) is 5.91 Å². The van der Waals surface area contributed by atoms with Crippen molar-refractivity contribution in [3.8, 4) is 0 Å². The Hall–Kier alpha value is -3.39. The molecule has 1 heterocycles. The van der Waals surface area contributed by atoms with Crippen LogP contribution >= 0.6 is 0 Å². The van der Waals surface area contributed by atoms with Crippen molar-refractivity contribution in [2.75, 3.05) is 36.9 Å². The Morgan fingerprint density at radius 3 is 2.53 bits per heavy atom. The monoisotopic (exact) mass is 464 g/mol. The number of nitrogens with one attached hydrogen (secondary N) is 4. The second kappa shape index (κ2) is 10.3. The van der Waals surface area contributed by atoms with Gasteiger partial charge in [-0.2, -0.15) is 0 Å². The van der Waals surface area contributed by atoms with Crippen molar-refractivity contribution in [1.82, 2.24) is 10.6 Å². The predicted octanol–water partition coefficient (Wildman–Crippen LogP) is 3.31. The molecule has 4 rings (SSSR count). The van der Waals surface area contributed by atoms with Crippen LogP contribution in [0.2, 0.25) is 0 Å². The van der Waals surface area contributed by atoms with Crippen LogP contribution in [0.4, 0.5) is 15.8 Å². The Balaban J connectivity index is 1.43. The summed E-state index contributed by atoms with van der Waals surface area (Å²) in [7, 11) is 1.91. The molecular weight excluding hydrogens is 431 g/mol. The van der Waals surface area contributed by atoms with E-state index in [2.05, 4.69) is 45.1 Å².